The zero-order valence-corrected chi connectivity index (χ0v) is 12.0. The number of nitrogens with one attached hydrogen (secondary N) is 1. The van der Waals surface area contributed by atoms with Gasteiger partial charge in [0.2, 0.25) is 0 Å². The molecule has 0 radical (unpaired) electrons. The number of aryl methyl sites for hydroxylation is 1. The van der Waals surface area contributed by atoms with Gasteiger partial charge in [0.1, 0.15) is 11.6 Å². The van der Waals surface area contributed by atoms with Crippen LogP contribution in [0.5, 0.6) is 5.75 Å². The summed E-state index contributed by atoms with van der Waals surface area (Å²) in [6.45, 7) is 3.90. The van der Waals surface area contributed by atoms with Crippen LogP contribution in [0.15, 0.2) is 36.7 Å². The molecule has 4 heteroatoms. The van der Waals surface area contributed by atoms with Gasteiger partial charge in [0.25, 0.3) is 0 Å². The molecule has 0 saturated heterocycles. The molecule has 0 saturated carbocycles. The highest BCUT2D eigenvalue weighted by Crippen LogP contribution is 2.40. The topological polar surface area (TPSA) is 39.1 Å². The van der Waals surface area contributed by atoms with Gasteiger partial charge in [0.15, 0.2) is 0 Å². The third-order valence-electron chi connectivity index (χ3n) is 3.94. The Labute approximate surface area is 119 Å². The molecule has 0 amide bonds. The fraction of sp³-hybridized carbons (Fsp3) is 0.438. The molecule has 3 rings (SSSR count). The first-order chi connectivity index (χ1) is 9.85. The van der Waals surface area contributed by atoms with E-state index < -0.39 is 0 Å². The average Bonchev–Trinajstić information content (AvgIpc) is 3.09. The molecule has 2 atom stereocenters. The number of para-hydroxylation sites is 1. The van der Waals surface area contributed by atoms with E-state index in [0.29, 0.717) is 12.5 Å². The second-order valence-electron chi connectivity index (χ2n) is 5.20. The smallest absolute Gasteiger partial charge is 0.126 e. The Morgan fingerprint density at radius 2 is 2.30 bits per heavy atom. The number of hydrogen-bond donors (Lipinski definition) is 1. The molecule has 0 bridgehead atoms. The Hall–Kier alpha value is -1.81. The van der Waals surface area contributed by atoms with Crippen LogP contribution in [0.2, 0.25) is 0 Å². The molecule has 0 fully saturated rings. The lowest BCUT2D eigenvalue weighted by molar-refractivity contribution is 0.297. The zero-order valence-electron chi connectivity index (χ0n) is 12.0. The molecule has 1 aromatic heterocycles. The van der Waals surface area contributed by atoms with Gasteiger partial charge in [-0.1, -0.05) is 25.1 Å². The van der Waals surface area contributed by atoms with Crippen LogP contribution in [0.3, 0.4) is 0 Å². The van der Waals surface area contributed by atoms with E-state index in [1.807, 2.05) is 25.4 Å². The minimum absolute atomic E-state index is 0.181. The minimum atomic E-state index is 0.181. The molecule has 0 aliphatic carbocycles. The summed E-state index contributed by atoms with van der Waals surface area (Å²) < 4.78 is 8.05. The van der Waals surface area contributed by atoms with Gasteiger partial charge in [-0.25, -0.2) is 4.98 Å². The third-order valence-corrected chi connectivity index (χ3v) is 3.94. The van der Waals surface area contributed by atoms with E-state index in [1.54, 1.807) is 0 Å². The van der Waals surface area contributed by atoms with Gasteiger partial charge in [0, 0.05) is 30.4 Å². The van der Waals surface area contributed by atoms with Crippen LogP contribution >= 0.6 is 0 Å². The van der Waals surface area contributed by atoms with Crippen molar-refractivity contribution in [2.45, 2.75) is 31.8 Å². The summed E-state index contributed by atoms with van der Waals surface area (Å²) >= 11 is 0. The van der Waals surface area contributed by atoms with Crippen LogP contribution in [-0.4, -0.2) is 23.2 Å². The largest absolute Gasteiger partial charge is 0.493 e. The summed E-state index contributed by atoms with van der Waals surface area (Å²) in [7, 11) is 2.00. The van der Waals surface area contributed by atoms with Crippen molar-refractivity contribution in [1.29, 1.82) is 0 Å². The van der Waals surface area contributed by atoms with Crippen molar-refractivity contribution in [3.05, 3.63) is 48.0 Å². The number of fused-ring (bicyclic) bond motifs is 1. The van der Waals surface area contributed by atoms with Crippen molar-refractivity contribution in [3.63, 3.8) is 0 Å². The average molecular weight is 271 g/mol. The van der Waals surface area contributed by atoms with E-state index in [2.05, 4.69) is 40.1 Å². The van der Waals surface area contributed by atoms with Crippen LogP contribution < -0.4 is 10.1 Å². The third kappa shape index (κ3) is 2.20. The second-order valence-corrected chi connectivity index (χ2v) is 5.20. The molecular weight excluding hydrogens is 250 g/mol. The maximum atomic E-state index is 5.81. The number of nitrogens with zero attached hydrogens (tertiary/aromatic N) is 2. The standard InChI is InChI=1S/C16H21N3O/c1-3-9-19-10-8-18-16(19)15(17-2)13-11-20-14-7-5-4-6-12(13)14/h4-8,10,13,15,17H,3,9,11H2,1-2H3. The lowest BCUT2D eigenvalue weighted by atomic mass is 9.93. The monoisotopic (exact) mass is 271 g/mol. The number of benzene rings is 1. The van der Waals surface area contributed by atoms with Gasteiger partial charge in [-0.3, -0.25) is 0 Å². The highest BCUT2D eigenvalue weighted by atomic mass is 16.5. The van der Waals surface area contributed by atoms with Crippen molar-refractivity contribution in [2.24, 2.45) is 0 Å². The number of rotatable bonds is 5. The number of aromatic nitrogens is 2. The molecule has 2 heterocycles. The number of hydrogen-bond acceptors (Lipinski definition) is 3. The van der Waals surface area contributed by atoms with Crippen molar-refractivity contribution < 1.29 is 4.74 Å². The maximum absolute atomic E-state index is 5.81. The summed E-state index contributed by atoms with van der Waals surface area (Å²) in [6.07, 6.45) is 5.06. The summed E-state index contributed by atoms with van der Waals surface area (Å²) in [5, 5.41) is 3.42. The van der Waals surface area contributed by atoms with Crippen molar-refractivity contribution in [2.75, 3.05) is 13.7 Å². The van der Waals surface area contributed by atoms with Crippen LogP contribution in [-0.2, 0) is 6.54 Å². The van der Waals surface area contributed by atoms with E-state index >= 15 is 0 Å². The fourth-order valence-electron chi connectivity index (χ4n) is 3.00. The van der Waals surface area contributed by atoms with Crippen LogP contribution in [0.25, 0.3) is 0 Å². The summed E-state index contributed by atoms with van der Waals surface area (Å²) in [6, 6.07) is 8.48. The minimum Gasteiger partial charge on any atom is -0.493 e. The molecule has 2 unspecified atom stereocenters. The zero-order chi connectivity index (χ0) is 13.9. The van der Waals surface area contributed by atoms with E-state index in [0.717, 1.165) is 24.5 Å². The maximum Gasteiger partial charge on any atom is 0.126 e. The first-order valence-corrected chi connectivity index (χ1v) is 7.25. The molecule has 2 aromatic rings. The van der Waals surface area contributed by atoms with Gasteiger partial charge in [0.05, 0.1) is 12.6 Å². The van der Waals surface area contributed by atoms with Gasteiger partial charge < -0.3 is 14.6 Å². The van der Waals surface area contributed by atoms with Crippen LogP contribution in [0.4, 0.5) is 0 Å². The normalized spacial score (nSPS) is 18.6. The van der Waals surface area contributed by atoms with E-state index in [-0.39, 0.29) is 6.04 Å². The van der Waals surface area contributed by atoms with Crippen LogP contribution in [0.1, 0.15) is 36.7 Å². The quantitative estimate of drug-likeness (QED) is 0.909. The van der Waals surface area contributed by atoms with E-state index in [9.17, 15) is 0 Å². The Morgan fingerprint density at radius 3 is 3.10 bits per heavy atom. The van der Waals surface area contributed by atoms with Crippen LogP contribution in [0, 0.1) is 0 Å². The molecule has 106 valence electrons. The summed E-state index contributed by atoms with van der Waals surface area (Å²) in [5.74, 6) is 2.42. The van der Waals surface area contributed by atoms with E-state index in [1.165, 1.54) is 5.56 Å². The highest BCUT2D eigenvalue weighted by molar-refractivity contribution is 5.41. The molecule has 1 N–H and O–H groups in total. The molecule has 20 heavy (non-hydrogen) atoms. The Balaban J connectivity index is 1.93. The van der Waals surface area contributed by atoms with Crippen molar-refractivity contribution in [3.8, 4) is 5.75 Å². The second kappa shape index (κ2) is 5.67. The number of imidazole rings is 1. The first kappa shape index (κ1) is 13.2. The van der Waals surface area contributed by atoms with Gasteiger partial charge in [-0.05, 0) is 19.5 Å². The fourth-order valence-corrected chi connectivity index (χ4v) is 3.00. The molecule has 1 aromatic carbocycles. The Bertz CT molecular complexity index is 579. The SMILES string of the molecule is CCCn1ccnc1C(NC)C1COc2ccccc21. The van der Waals surface area contributed by atoms with Gasteiger partial charge in [-0.2, -0.15) is 0 Å². The predicted molar refractivity (Wildman–Crippen MR) is 79.0 cm³/mol. The Kier molecular flexibility index (Phi) is 3.74. The summed E-state index contributed by atoms with van der Waals surface area (Å²) in [5.41, 5.74) is 1.28. The molecule has 0 spiro atoms. The lowest BCUT2D eigenvalue weighted by Crippen LogP contribution is -2.28. The van der Waals surface area contributed by atoms with Crippen molar-refractivity contribution >= 4 is 0 Å². The van der Waals surface area contributed by atoms with E-state index in [4.69, 9.17) is 4.74 Å². The molecule has 4 nitrogen and oxygen atoms in total. The molecule has 1 aliphatic heterocycles. The Morgan fingerprint density at radius 1 is 1.45 bits per heavy atom. The summed E-state index contributed by atoms with van der Waals surface area (Å²) in [4.78, 5) is 4.57. The van der Waals surface area contributed by atoms with Crippen molar-refractivity contribution in [1.82, 2.24) is 14.9 Å². The van der Waals surface area contributed by atoms with Gasteiger partial charge >= 0.3 is 0 Å². The lowest BCUT2D eigenvalue weighted by Gasteiger charge is -2.23. The van der Waals surface area contributed by atoms with Gasteiger partial charge in [-0.15, -0.1) is 0 Å². The number of ether oxygens (including phenoxy) is 1. The highest BCUT2D eigenvalue weighted by Gasteiger charge is 2.33. The molecular formula is C16H21N3O. The predicted octanol–water partition coefficient (Wildman–Crippen LogP) is 2.73. The first-order valence-electron chi connectivity index (χ1n) is 7.25. The molecule has 1 aliphatic rings. The number of likely N-dealkylation sites (N-methyl/N-ethyl adjacent to an activating group) is 1.